The summed E-state index contributed by atoms with van der Waals surface area (Å²) in [5.41, 5.74) is 5.55. The number of aliphatic hydroxyl groups is 1. The molecule has 1 aliphatic rings. The molecule has 1 heterocycles. The normalized spacial score (nSPS) is 34.6. The van der Waals surface area contributed by atoms with Crippen LogP contribution in [0.3, 0.4) is 0 Å². The number of piperidine rings is 1. The average Bonchev–Trinajstić information content (AvgIpc) is 2.24. The smallest absolute Gasteiger partial charge is 0.0608 e. The van der Waals surface area contributed by atoms with Crippen LogP contribution in [-0.2, 0) is 0 Å². The zero-order chi connectivity index (χ0) is 13.1. The summed E-state index contributed by atoms with van der Waals surface area (Å²) < 4.78 is 0. The highest BCUT2D eigenvalue weighted by atomic mass is 16.3. The van der Waals surface area contributed by atoms with E-state index in [1.807, 2.05) is 6.92 Å². The molecule has 0 radical (unpaired) electrons. The lowest BCUT2D eigenvalue weighted by Gasteiger charge is -2.41. The second-order valence-corrected chi connectivity index (χ2v) is 6.47. The number of hydrogen-bond donors (Lipinski definition) is 2. The Hall–Kier alpha value is -0.120. The molecule has 0 aromatic carbocycles. The third-order valence-corrected chi connectivity index (χ3v) is 4.27. The van der Waals surface area contributed by atoms with Crippen molar-refractivity contribution in [3.63, 3.8) is 0 Å². The molecular formula is C14H30N2O. The van der Waals surface area contributed by atoms with Gasteiger partial charge in [0.2, 0.25) is 0 Å². The molecular weight excluding hydrogens is 212 g/mol. The fraction of sp³-hybridized carbons (Fsp3) is 1.00. The van der Waals surface area contributed by atoms with Crippen LogP contribution in [-0.4, -0.2) is 41.3 Å². The van der Waals surface area contributed by atoms with Crippen molar-refractivity contribution in [1.82, 2.24) is 4.90 Å². The van der Waals surface area contributed by atoms with Gasteiger partial charge in [-0.3, -0.25) is 0 Å². The zero-order valence-electron chi connectivity index (χ0n) is 11.9. The molecule has 1 aliphatic heterocycles. The van der Waals surface area contributed by atoms with Crippen molar-refractivity contribution in [3.05, 3.63) is 0 Å². The van der Waals surface area contributed by atoms with Gasteiger partial charge in [0.1, 0.15) is 0 Å². The van der Waals surface area contributed by atoms with Crippen LogP contribution < -0.4 is 5.73 Å². The van der Waals surface area contributed by atoms with Crippen LogP contribution in [0.5, 0.6) is 0 Å². The van der Waals surface area contributed by atoms with Crippen LogP contribution in [0.25, 0.3) is 0 Å². The van der Waals surface area contributed by atoms with Gasteiger partial charge in [0.15, 0.2) is 0 Å². The van der Waals surface area contributed by atoms with Crippen molar-refractivity contribution in [2.24, 2.45) is 17.6 Å². The second-order valence-electron chi connectivity index (χ2n) is 6.47. The van der Waals surface area contributed by atoms with Gasteiger partial charge in [-0.15, -0.1) is 0 Å². The highest BCUT2D eigenvalue weighted by Gasteiger charge is 2.28. The fourth-order valence-corrected chi connectivity index (χ4v) is 2.89. The largest absolute Gasteiger partial charge is 0.394 e. The highest BCUT2D eigenvalue weighted by Crippen LogP contribution is 2.27. The van der Waals surface area contributed by atoms with Gasteiger partial charge in [0, 0.05) is 18.1 Å². The predicted molar refractivity (Wildman–Crippen MR) is 72.9 cm³/mol. The van der Waals surface area contributed by atoms with Crippen molar-refractivity contribution in [3.8, 4) is 0 Å². The lowest BCUT2D eigenvalue weighted by atomic mass is 9.85. The molecule has 3 heteroatoms. The van der Waals surface area contributed by atoms with Crippen molar-refractivity contribution in [2.45, 2.75) is 58.5 Å². The topological polar surface area (TPSA) is 49.5 Å². The quantitative estimate of drug-likeness (QED) is 0.773. The summed E-state index contributed by atoms with van der Waals surface area (Å²) in [6, 6.07) is 0.685. The lowest BCUT2D eigenvalue weighted by Crippen LogP contribution is -2.47. The molecule has 1 fully saturated rings. The van der Waals surface area contributed by atoms with Crippen LogP contribution >= 0.6 is 0 Å². The lowest BCUT2D eigenvalue weighted by molar-refractivity contribution is 0.0749. The van der Waals surface area contributed by atoms with E-state index in [1.54, 1.807) is 0 Å². The molecule has 0 spiro atoms. The van der Waals surface area contributed by atoms with Crippen molar-refractivity contribution >= 4 is 0 Å². The second kappa shape index (κ2) is 6.17. The summed E-state index contributed by atoms with van der Waals surface area (Å²) in [7, 11) is 0. The number of likely N-dealkylation sites (tertiary alicyclic amines) is 1. The van der Waals surface area contributed by atoms with E-state index < -0.39 is 5.54 Å². The van der Waals surface area contributed by atoms with E-state index in [1.165, 1.54) is 13.0 Å². The van der Waals surface area contributed by atoms with Gasteiger partial charge in [-0.1, -0.05) is 13.8 Å². The van der Waals surface area contributed by atoms with Crippen LogP contribution in [0.15, 0.2) is 0 Å². The van der Waals surface area contributed by atoms with Crippen molar-refractivity contribution in [2.75, 3.05) is 19.7 Å². The molecule has 0 aromatic rings. The summed E-state index contributed by atoms with van der Waals surface area (Å²) in [5.74, 6) is 1.60. The Bertz CT molecular complexity index is 230. The molecule has 102 valence electrons. The Labute approximate surface area is 106 Å². The Morgan fingerprint density at radius 2 is 2.00 bits per heavy atom. The van der Waals surface area contributed by atoms with Gasteiger partial charge < -0.3 is 15.7 Å². The number of nitrogens with zero attached hydrogens (tertiary/aromatic N) is 1. The molecule has 1 saturated heterocycles. The van der Waals surface area contributed by atoms with E-state index in [2.05, 4.69) is 25.7 Å². The monoisotopic (exact) mass is 242 g/mol. The summed E-state index contributed by atoms with van der Waals surface area (Å²) in [6.07, 6.45) is 3.33. The minimum atomic E-state index is -0.406. The van der Waals surface area contributed by atoms with Crippen LogP contribution in [0, 0.1) is 11.8 Å². The fourth-order valence-electron chi connectivity index (χ4n) is 2.89. The van der Waals surface area contributed by atoms with E-state index in [9.17, 15) is 0 Å². The first-order chi connectivity index (χ1) is 7.85. The van der Waals surface area contributed by atoms with Gasteiger partial charge in [-0.25, -0.2) is 0 Å². The van der Waals surface area contributed by atoms with Gasteiger partial charge in [0.25, 0.3) is 0 Å². The van der Waals surface area contributed by atoms with E-state index in [4.69, 9.17) is 10.8 Å². The predicted octanol–water partition coefficient (Wildman–Crippen LogP) is 1.84. The maximum absolute atomic E-state index is 9.13. The van der Waals surface area contributed by atoms with Gasteiger partial charge >= 0.3 is 0 Å². The summed E-state index contributed by atoms with van der Waals surface area (Å²) >= 11 is 0. The number of nitrogens with two attached hydrogens (primary N) is 1. The molecule has 4 atom stereocenters. The van der Waals surface area contributed by atoms with Gasteiger partial charge in [-0.2, -0.15) is 0 Å². The molecule has 1 rings (SSSR count). The van der Waals surface area contributed by atoms with E-state index in [-0.39, 0.29) is 6.61 Å². The highest BCUT2D eigenvalue weighted by molar-refractivity contribution is 4.83. The molecule has 3 N–H and O–H groups in total. The number of hydrogen-bond acceptors (Lipinski definition) is 3. The molecule has 3 nitrogen and oxygen atoms in total. The van der Waals surface area contributed by atoms with Crippen molar-refractivity contribution in [1.29, 1.82) is 0 Å². The SMILES string of the molecule is CC1CC(C)C(C)N(CCCC(C)(N)CO)C1. The van der Waals surface area contributed by atoms with Crippen LogP contribution in [0.4, 0.5) is 0 Å². The molecule has 0 bridgehead atoms. The van der Waals surface area contributed by atoms with E-state index in [0.29, 0.717) is 6.04 Å². The molecule has 0 aromatic heterocycles. The number of rotatable bonds is 5. The Morgan fingerprint density at radius 3 is 2.59 bits per heavy atom. The Balaban J connectivity index is 2.35. The maximum atomic E-state index is 9.13. The first kappa shape index (κ1) is 14.9. The average molecular weight is 242 g/mol. The van der Waals surface area contributed by atoms with E-state index >= 15 is 0 Å². The third kappa shape index (κ3) is 4.57. The standard InChI is InChI=1S/C14H30N2O/c1-11-8-12(2)13(3)16(9-11)7-5-6-14(4,15)10-17/h11-13,17H,5-10,15H2,1-4H3. The molecule has 0 aliphatic carbocycles. The van der Waals surface area contributed by atoms with Crippen molar-refractivity contribution < 1.29 is 5.11 Å². The third-order valence-electron chi connectivity index (χ3n) is 4.27. The molecule has 0 amide bonds. The first-order valence-electron chi connectivity index (χ1n) is 6.99. The minimum absolute atomic E-state index is 0.0787. The summed E-state index contributed by atoms with van der Waals surface area (Å²) in [5, 5.41) is 9.13. The minimum Gasteiger partial charge on any atom is -0.394 e. The van der Waals surface area contributed by atoms with E-state index in [0.717, 1.165) is 31.2 Å². The molecule has 0 saturated carbocycles. The molecule has 17 heavy (non-hydrogen) atoms. The summed E-state index contributed by atoms with van der Waals surface area (Å²) in [4.78, 5) is 2.59. The molecule has 4 unspecified atom stereocenters. The number of aliphatic hydroxyl groups excluding tert-OH is 1. The summed E-state index contributed by atoms with van der Waals surface area (Å²) in [6.45, 7) is 11.4. The van der Waals surface area contributed by atoms with Gasteiger partial charge in [-0.05, 0) is 51.5 Å². The maximum Gasteiger partial charge on any atom is 0.0608 e. The Kier molecular flexibility index (Phi) is 5.42. The zero-order valence-corrected chi connectivity index (χ0v) is 11.9. The van der Waals surface area contributed by atoms with Crippen LogP contribution in [0.2, 0.25) is 0 Å². The van der Waals surface area contributed by atoms with Crippen LogP contribution in [0.1, 0.15) is 47.0 Å². The first-order valence-corrected chi connectivity index (χ1v) is 6.99. The van der Waals surface area contributed by atoms with Gasteiger partial charge in [0.05, 0.1) is 6.61 Å². The Morgan fingerprint density at radius 1 is 1.35 bits per heavy atom.